The summed E-state index contributed by atoms with van der Waals surface area (Å²) in [4.78, 5) is 14.2. The highest BCUT2D eigenvalue weighted by atomic mass is 32.2. The summed E-state index contributed by atoms with van der Waals surface area (Å²) < 4.78 is 28.4. The number of rotatable bonds is 5. The van der Waals surface area contributed by atoms with Crippen LogP contribution >= 0.6 is 0 Å². The number of aromatic carboxylic acids is 1. The van der Waals surface area contributed by atoms with Crippen LogP contribution in [0.25, 0.3) is 0 Å². The molecule has 2 aromatic rings. The van der Waals surface area contributed by atoms with Crippen molar-refractivity contribution in [1.29, 1.82) is 0 Å². The summed E-state index contributed by atoms with van der Waals surface area (Å²) in [5.41, 5.74) is 3.33. The van der Waals surface area contributed by atoms with E-state index in [1.54, 1.807) is 24.3 Å². The number of carboxylic acid groups (broad SMARTS) is 1. The van der Waals surface area contributed by atoms with Crippen LogP contribution in [0.4, 0.5) is 11.4 Å². The molecule has 0 spiro atoms. The molecule has 0 bridgehead atoms. The van der Waals surface area contributed by atoms with E-state index in [4.69, 9.17) is 0 Å². The molecule has 1 heterocycles. The number of carboxylic acids is 1. The minimum atomic E-state index is -3.79. The predicted octanol–water partition coefficient (Wildman–Crippen LogP) is 4.30. The second-order valence-electron chi connectivity index (χ2n) is 8.45. The molecule has 0 unspecified atom stereocenters. The summed E-state index contributed by atoms with van der Waals surface area (Å²) in [5.74, 6) is -0.421. The smallest absolute Gasteiger partial charge is 0.337 e. The summed E-state index contributed by atoms with van der Waals surface area (Å²) in [6.07, 6.45) is 6.13. The lowest BCUT2D eigenvalue weighted by atomic mass is 9.92. The van der Waals surface area contributed by atoms with E-state index in [2.05, 4.69) is 16.5 Å². The van der Waals surface area contributed by atoms with Crippen LogP contribution in [-0.4, -0.2) is 32.6 Å². The number of nitrogens with zero attached hydrogens (tertiary/aromatic N) is 1. The summed E-state index contributed by atoms with van der Waals surface area (Å²) in [5, 5.41) is 9.72. The largest absolute Gasteiger partial charge is 0.478 e. The highest BCUT2D eigenvalue weighted by molar-refractivity contribution is 7.92. The maximum atomic E-state index is 12.9. The first-order chi connectivity index (χ1) is 14.3. The van der Waals surface area contributed by atoms with Crippen LogP contribution in [0, 0.1) is 5.92 Å². The van der Waals surface area contributed by atoms with E-state index in [9.17, 15) is 18.3 Å². The van der Waals surface area contributed by atoms with Crippen molar-refractivity contribution in [3.63, 3.8) is 0 Å². The Bertz CT molecular complexity index is 1060. The third-order valence-electron chi connectivity index (χ3n) is 6.23. The predicted molar refractivity (Wildman–Crippen MR) is 118 cm³/mol. The van der Waals surface area contributed by atoms with Crippen LogP contribution in [0.2, 0.25) is 0 Å². The molecule has 2 aromatic carbocycles. The Hall–Kier alpha value is -2.54. The van der Waals surface area contributed by atoms with Gasteiger partial charge in [-0.15, -0.1) is 0 Å². The van der Waals surface area contributed by atoms with E-state index in [-0.39, 0.29) is 16.1 Å². The van der Waals surface area contributed by atoms with E-state index < -0.39 is 16.0 Å². The van der Waals surface area contributed by atoms with Gasteiger partial charge in [0.1, 0.15) is 0 Å². The molecule has 1 fully saturated rings. The minimum absolute atomic E-state index is 0.121. The zero-order valence-corrected chi connectivity index (χ0v) is 18.0. The summed E-state index contributed by atoms with van der Waals surface area (Å²) >= 11 is 0. The van der Waals surface area contributed by atoms with Gasteiger partial charge in [0.15, 0.2) is 0 Å². The number of anilines is 2. The second-order valence-corrected chi connectivity index (χ2v) is 10.1. The minimum Gasteiger partial charge on any atom is -0.478 e. The van der Waals surface area contributed by atoms with Crippen molar-refractivity contribution < 1.29 is 18.3 Å². The molecule has 4 rings (SSSR count). The Morgan fingerprint density at radius 3 is 2.43 bits per heavy atom. The first-order valence-corrected chi connectivity index (χ1v) is 12.1. The molecule has 0 atom stereocenters. The number of benzene rings is 2. The lowest BCUT2D eigenvalue weighted by Gasteiger charge is -2.33. The van der Waals surface area contributed by atoms with Gasteiger partial charge < -0.3 is 10.0 Å². The standard InChI is InChI=1S/C23H28N2O4S/c1-16-10-12-25(13-11-16)22-9-7-19(15-21(22)23(26)27)24-30(28,29)20-8-6-17-4-2-3-5-18(17)14-20/h6-9,14-16,24H,2-5,10-13H2,1H3,(H,26,27). The van der Waals surface area contributed by atoms with Gasteiger partial charge in [-0.3, -0.25) is 4.72 Å². The Labute approximate surface area is 178 Å². The van der Waals surface area contributed by atoms with Crippen LogP contribution in [0.5, 0.6) is 0 Å². The first kappa shape index (κ1) is 20.7. The van der Waals surface area contributed by atoms with Crippen molar-refractivity contribution >= 4 is 27.4 Å². The number of hydrogen-bond donors (Lipinski definition) is 2. The molecule has 0 radical (unpaired) electrons. The zero-order chi connectivity index (χ0) is 21.3. The Balaban J connectivity index is 1.59. The second kappa shape index (κ2) is 8.30. The van der Waals surface area contributed by atoms with Crippen molar-refractivity contribution in [2.45, 2.75) is 50.3 Å². The SMILES string of the molecule is CC1CCN(c2ccc(NS(=O)(=O)c3ccc4c(c3)CCCC4)cc2C(=O)O)CC1. The molecule has 0 saturated carbocycles. The maximum Gasteiger partial charge on any atom is 0.337 e. The molecular weight excluding hydrogens is 400 g/mol. The van der Waals surface area contributed by atoms with Crippen molar-refractivity contribution in [2.24, 2.45) is 5.92 Å². The molecule has 2 aliphatic rings. The van der Waals surface area contributed by atoms with E-state index in [1.165, 1.54) is 11.6 Å². The van der Waals surface area contributed by atoms with Gasteiger partial charge in [-0.25, -0.2) is 13.2 Å². The van der Waals surface area contributed by atoms with Crippen molar-refractivity contribution in [3.05, 3.63) is 53.1 Å². The summed E-state index contributed by atoms with van der Waals surface area (Å²) in [6.45, 7) is 3.82. The molecule has 0 amide bonds. The van der Waals surface area contributed by atoms with Gasteiger partial charge in [-0.05, 0) is 85.9 Å². The molecular formula is C23H28N2O4S. The Morgan fingerprint density at radius 1 is 1.03 bits per heavy atom. The van der Waals surface area contributed by atoms with Crippen LogP contribution in [0.15, 0.2) is 41.3 Å². The Morgan fingerprint density at radius 2 is 1.73 bits per heavy atom. The highest BCUT2D eigenvalue weighted by Crippen LogP contribution is 2.30. The van der Waals surface area contributed by atoms with Crippen molar-refractivity contribution in [1.82, 2.24) is 0 Å². The fourth-order valence-corrected chi connectivity index (χ4v) is 5.49. The van der Waals surface area contributed by atoms with Crippen molar-refractivity contribution in [3.8, 4) is 0 Å². The van der Waals surface area contributed by atoms with Gasteiger partial charge >= 0.3 is 5.97 Å². The number of nitrogens with one attached hydrogen (secondary N) is 1. The topological polar surface area (TPSA) is 86.7 Å². The molecule has 1 saturated heterocycles. The maximum absolute atomic E-state index is 12.9. The molecule has 160 valence electrons. The fraction of sp³-hybridized carbons (Fsp3) is 0.435. The number of piperidine rings is 1. The number of fused-ring (bicyclic) bond motifs is 1. The van der Waals surface area contributed by atoms with E-state index >= 15 is 0 Å². The van der Waals surface area contributed by atoms with Gasteiger partial charge in [-0.2, -0.15) is 0 Å². The van der Waals surface area contributed by atoms with Gasteiger partial charge in [0.25, 0.3) is 10.0 Å². The molecule has 6 nitrogen and oxygen atoms in total. The number of sulfonamides is 1. The first-order valence-electron chi connectivity index (χ1n) is 10.6. The third-order valence-corrected chi connectivity index (χ3v) is 7.61. The van der Waals surface area contributed by atoms with Crippen molar-refractivity contribution in [2.75, 3.05) is 22.7 Å². The fourth-order valence-electron chi connectivity index (χ4n) is 4.39. The molecule has 7 heteroatoms. The average molecular weight is 429 g/mol. The molecule has 1 aliphatic carbocycles. The van der Waals surface area contributed by atoms with Gasteiger partial charge in [-0.1, -0.05) is 13.0 Å². The van der Waals surface area contributed by atoms with Gasteiger partial charge in [0.2, 0.25) is 0 Å². The number of carbonyl (C=O) groups is 1. The number of aryl methyl sites for hydroxylation is 2. The normalized spacial score (nSPS) is 17.4. The zero-order valence-electron chi connectivity index (χ0n) is 17.2. The third kappa shape index (κ3) is 4.31. The monoisotopic (exact) mass is 428 g/mol. The lowest BCUT2D eigenvalue weighted by Crippen LogP contribution is -2.33. The van der Waals surface area contributed by atoms with Crippen LogP contribution in [0.1, 0.15) is 54.1 Å². The quantitative estimate of drug-likeness (QED) is 0.741. The van der Waals surface area contributed by atoms with Crippen LogP contribution < -0.4 is 9.62 Å². The van der Waals surface area contributed by atoms with Crippen LogP contribution in [-0.2, 0) is 22.9 Å². The van der Waals surface area contributed by atoms with Gasteiger partial charge in [0.05, 0.1) is 16.1 Å². The summed E-state index contributed by atoms with van der Waals surface area (Å²) in [7, 11) is -3.79. The molecule has 30 heavy (non-hydrogen) atoms. The average Bonchev–Trinajstić information content (AvgIpc) is 2.73. The van der Waals surface area contributed by atoms with Gasteiger partial charge in [0, 0.05) is 18.8 Å². The van der Waals surface area contributed by atoms with Crippen LogP contribution in [0.3, 0.4) is 0 Å². The molecule has 0 aromatic heterocycles. The summed E-state index contributed by atoms with van der Waals surface area (Å²) in [6, 6.07) is 10.1. The van der Waals surface area contributed by atoms with E-state index in [1.807, 2.05) is 6.07 Å². The Kier molecular flexibility index (Phi) is 5.73. The molecule has 2 N–H and O–H groups in total. The molecule has 1 aliphatic heterocycles. The lowest BCUT2D eigenvalue weighted by molar-refractivity contribution is 0.0697. The number of hydrogen-bond acceptors (Lipinski definition) is 4. The highest BCUT2D eigenvalue weighted by Gasteiger charge is 2.23. The van der Waals surface area contributed by atoms with E-state index in [0.29, 0.717) is 11.6 Å². The van der Waals surface area contributed by atoms with E-state index in [0.717, 1.165) is 57.2 Å².